The fourth-order valence-electron chi connectivity index (χ4n) is 1.77. The lowest BCUT2D eigenvalue weighted by atomic mass is 10.3. The zero-order chi connectivity index (χ0) is 14.5. The highest BCUT2D eigenvalue weighted by molar-refractivity contribution is 5.92. The Morgan fingerprint density at radius 3 is 2.75 bits per heavy atom. The van der Waals surface area contributed by atoms with Gasteiger partial charge < -0.3 is 10.1 Å². The van der Waals surface area contributed by atoms with Crippen LogP contribution in [0.5, 0.6) is 0 Å². The normalized spacial score (nSPS) is 12.2. The van der Waals surface area contributed by atoms with Gasteiger partial charge in [0.15, 0.2) is 5.69 Å². The molecule has 5 nitrogen and oxygen atoms in total. The van der Waals surface area contributed by atoms with E-state index in [1.54, 1.807) is 31.5 Å². The van der Waals surface area contributed by atoms with Crippen LogP contribution in [0.4, 0.5) is 4.39 Å². The summed E-state index contributed by atoms with van der Waals surface area (Å²) >= 11 is 0. The second-order valence-corrected chi connectivity index (χ2v) is 4.45. The number of nitrogens with one attached hydrogen (secondary N) is 1. The van der Waals surface area contributed by atoms with Crippen LogP contribution in [0.1, 0.15) is 17.4 Å². The van der Waals surface area contributed by atoms with E-state index in [1.165, 1.54) is 16.8 Å². The van der Waals surface area contributed by atoms with Gasteiger partial charge in [-0.25, -0.2) is 9.07 Å². The number of hydrogen-bond donors (Lipinski definition) is 1. The number of methoxy groups -OCH3 is 1. The number of aromatic nitrogens is 2. The zero-order valence-electron chi connectivity index (χ0n) is 11.3. The summed E-state index contributed by atoms with van der Waals surface area (Å²) in [5.41, 5.74) is 0.993. The van der Waals surface area contributed by atoms with Gasteiger partial charge in [-0.2, -0.15) is 5.10 Å². The summed E-state index contributed by atoms with van der Waals surface area (Å²) in [5.74, 6) is -0.581. The molecule has 1 aromatic heterocycles. The molecule has 0 radical (unpaired) electrons. The van der Waals surface area contributed by atoms with Crippen LogP contribution in [0.25, 0.3) is 5.69 Å². The van der Waals surface area contributed by atoms with Gasteiger partial charge in [-0.3, -0.25) is 4.79 Å². The number of benzene rings is 1. The monoisotopic (exact) mass is 277 g/mol. The van der Waals surface area contributed by atoms with Crippen molar-refractivity contribution in [3.05, 3.63) is 48.0 Å². The van der Waals surface area contributed by atoms with Crippen LogP contribution in [0.3, 0.4) is 0 Å². The predicted octanol–water partition coefficient (Wildman–Crippen LogP) is 1.78. The highest BCUT2D eigenvalue weighted by atomic mass is 19.1. The minimum atomic E-state index is -0.313. The largest absolute Gasteiger partial charge is 0.383 e. The SMILES string of the molecule is COCC(C)NC(=O)c1ccn(-c2ccc(F)cc2)n1. The number of halogens is 1. The molecule has 1 N–H and O–H groups in total. The quantitative estimate of drug-likeness (QED) is 0.906. The molecule has 2 aromatic rings. The van der Waals surface area contributed by atoms with Crippen LogP contribution >= 0.6 is 0 Å². The molecule has 1 amide bonds. The first-order chi connectivity index (χ1) is 9.60. The first kappa shape index (κ1) is 14.2. The molecule has 1 aromatic carbocycles. The number of rotatable bonds is 5. The highest BCUT2D eigenvalue weighted by Crippen LogP contribution is 2.09. The van der Waals surface area contributed by atoms with E-state index in [0.717, 1.165) is 0 Å². The van der Waals surface area contributed by atoms with Crippen molar-refractivity contribution in [3.63, 3.8) is 0 Å². The van der Waals surface area contributed by atoms with Crippen molar-refractivity contribution < 1.29 is 13.9 Å². The van der Waals surface area contributed by atoms with Crippen LogP contribution in [0.15, 0.2) is 36.5 Å². The lowest BCUT2D eigenvalue weighted by molar-refractivity contribution is 0.0900. The molecule has 2 rings (SSSR count). The Bertz CT molecular complexity index is 580. The summed E-state index contributed by atoms with van der Waals surface area (Å²) in [5, 5.41) is 6.94. The van der Waals surface area contributed by atoms with Gasteiger partial charge in [0.2, 0.25) is 0 Å². The van der Waals surface area contributed by atoms with Gasteiger partial charge in [-0.15, -0.1) is 0 Å². The molecular formula is C14H16FN3O2. The van der Waals surface area contributed by atoms with Gasteiger partial charge in [0, 0.05) is 19.3 Å². The second-order valence-electron chi connectivity index (χ2n) is 4.45. The third kappa shape index (κ3) is 3.42. The molecule has 0 fully saturated rings. The first-order valence-corrected chi connectivity index (χ1v) is 6.21. The van der Waals surface area contributed by atoms with E-state index < -0.39 is 0 Å². The van der Waals surface area contributed by atoms with E-state index in [2.05, 4.69) is 10.4 Å². The fraction of sp³-hybridized carbons (Fsp3) is 0.286. The predicted molar refractivity (Wildman–Crippen MR) is 72.3 cm³/mol. The summed E-state index contributed by atoms with van der Waals surface area (Å²) in [7, 11) is 1.58. The molecule has 0 saturated heterocycles. The summed E-state index contributed by atoms with van der Waals surface area (Å²) in [6.45, 7) is 2.28. The van der Waals surface area contributed by atoms with Crippen LogP contribution in [0, 0.1) is 5.82 Å². The van der Waals surface area contributed by atoms with E-state index in [-0.39, 0.29) is 17.8 Å². The lowest BCUT2D eigenvalue weighted by Crippen LogP contribution is -2.35. The molecule has 0 bridgehead atoms. The van der Waals surface area contributed by atoms with Crippen molar-refractivity contribution in [1.82, 2.24) is 15.1 Å². The second kappa shape index (κ2) is 6.29. The van der Waals surface area contributed by atoms with Crippen molar-refractivity contribution in [2.45, 2.75) is 13.0 Å². The fourth-order valence-corrected chi connectivity index (χ4v) is 1.77. The van der Waals surface area contributed by atoms with Crippen LogP contribution < -0.4 is 5.32 Å². The molecular weight excluding hydrogens is 261 g/mol. The van der Waals surface area contributed by atoms with Crippen molar-refractivity contribution in [2.24, 2.45) is 0 Å². The molecule has 20 heavy (non-hydrogen) atoms. The van der Waals surface area contributed by atoms with Gasteiger partial charge in [0.05, 0.1) is 12.3 Å². The van der Waals surface area contributed by atoms with E-state index >= 15 is 0 Å². The van der Waals surface area contributed by atoms with E-state index in [4.69, 9.17) is 4.74 Å². The third-order valence-electron chi connectivity index (χ3n) is 2.71. The standard InChI is InChI=1S/C14H16FN3O2/c1-10(9-20-2)16-14(19)13-7-8-18(17-13)12-5-3-11(15)4-6-12/h3-8,10H,9H2,1-2H3,(H,16,19). The van der Waals surface area contributed by atoms with Gasteiger partial charge >= 0.3 is 0 Å². The van der Waals surface area contributed by atoms with Gasteiger partial charge in [-0.1, -0.05) is 0 Å². The summed E-state index contributed by atoms with van der Waals surface area (Å²) in [6.07, 6.45) is 1.66. The molecule has 0 saturated carbocycles. The number of carbonyl (C=O) groups excluding carboxylic acids is 1. The van der Waals surface area contributed by atoms with E-state index in [1.807, 2.05) is 6.92 Å². The van der Waals surface area contributed by atoms with Crippen LogP contribution in [-0.2, 0) is 4.74 Å². The van der Waals surface area contributed by atoms with Gasteiger partial charge in [0.1, 0.15) is 5.82 Å². The molecule has 0 spiro atoms. The molecule has 6 heteroatoms. The van der Waals surface area contributed by atoms with E-state index in [9.17, 15) is 9.18 Å². The summed E-state index contributed by atoms with van der Waals surface area (Å²) in [4.78, 5) is 11.9. The Hall–Kier alpha value is -2.21. The number of carbonyl (C=O) groups is 1. The van der Waals surface area contributed by atoms with Gasteiger partial charge in [0.25, 0.3) is 5.91 Å². The van der Waals surface area contributed by atoms with Crippen molar-refractivity contribution in [3.8, 4) is 5.69 Å². The molecule has 1 heterocycles. The maximum atomic E-state index is 12.8. The lowest BCUT2D eigenvalue weighted by Gasteiger charge is -2.11. The number of hydrogen-bond acceptors (Lipinski definition) is 3. The molecule has 1 atom stereocenters. The van der Waals surface area contributed by atoms with Gasteiger partial charge in [-0.05, 0) is 37.3 Å². The maximum absolute atomic E-state index is 12.8. The number of amides is 1. The smallest absolute Gasteiger partial charge is 0.272 e. The Labute approximate surface area is 116 Å². The van der Waals surface area contributed by atoms with Crippen molar-refractivity contribution >= 4 is 5.91 Å². The van der Waals surface area contributed by atoms with Crippen molar-refractivity contribution in [2.75, 3.05) is 13.7 Å². The summed E-state index contributed by atoms with van der Waals surface area (Å²) in [6, 6.07) is 7.39. The Morgan fingerprint density at radius 2 is 2.10 bits per heavy atom. The van der Waals surface area contributed by atoms with Crippen LogP contribution in [-0.4, -0.2) is 35.4 Å². The first-order valence-electron chi connectivity index (χ1n) is 6.21. The minimum Gasteiger partial charge on any atom is -0.383 e. The molecule has 106 valence electrons. The topological polar surface area (TPSA) is 56.1 Å². The number of ether oxygens (including phenoxy) is 1. The average Bonchev–Trinajstić information content (AvgIpc) is 2.89. The molecule has 1 unspecified atom stereocenters. The Balaban J connectivity index is 2.08. The molecule has 0 aliphatic heterocycles. The summed E-state index contributed by atoms with van der Waals surface area (Å²) < 4.78 is 19.3. The average molecular weight is 277 g/mol. The minimum absolute atomic E-state index is 0.0940. The highest BCUT2D eigenvalue weighted by Gasteiger charge is 2.12. The zero-order valence-corrected chi connectivity index (χ0v) is 11.3. The molecule has 0 aliphatic rings. The molecule has 0 aliphatic carbocycles. The third-order valence-corrected chi connectivity index (χ3v) is 2.71. The van der Waals surface area contributed by atoms with Crippen LogP contribution in [0.2, 0.25) is 0 Å². The van der Waals surface area contributed by atoms with Crippen molar-refractivity contribution in [1.29, 1.82) is 0 Å². The Morgan fingerprint density at radius 1 is 1.40 bits per heavy atom. The van der Waals surface area contributed by atoms with E-state index in [0.29, 0.717) is 18.0 Å². The Kier molecular flexibility index (Phi) is 4.47. The number of nitrogens with zero attached hydrogens (tertiary/aromatic N) is 2. The maximum Gasteiger partial charge on any atom is 0.272 e.